The molecule has 65 heavy (non-hydrogen) atoms. The molecule has 13 aromatic rings. The molecule has 0 bridgehead atoms. The van der Waals surface area contributed by atoms with Crippen LogP contribution in [0.5, 0.6) is 0 Å². The second-order valence-corrected chi connectivity index (χ2v) is 21.2. The molecule has 0 fully saturated rings. The number of fused-ring (bicyclic) bond motifs is 9. The van der Waals surface area contributed by atoms with Crippen LogP contribution in [0, 0.1) is 6.92 Å². The van der Waals surface area contributed by atoms with Crippen molar-refractivity contribution in [3.8, 4) is 17.1 Å². The zero-order chi connectivity index (χ0) is 43.1. The topological polar surface area (TPSA) is 14.8 Å². The molecule has 0 N–H and O–H groups in total. The van der Waals surface area contributed by atoms with Crippen molar-refractivity contribution in [2.45, 2.75) is 6.92 Å². The molecule has 0 spiro atoms. The van der Waals surface area contributed by atoms with E-state index in [0.717, 1.165) is 17.1 Å². The highest BCUT2D eigenvalue weighted by molar-refractivity contribution is 7.19. The summed E-state index contributed by atoms with van der Waals surface area (Å²) in [4.78, 5) is 0. The average Bonchev–Trinajstić information content (AvgIpc) is 4.00. The summed E-state index contributed by atoms with van der Waals surface area (Å²) in [7, 11) is -2.66. The predicted octanol–water partition coefficient (Wildman–Crippen LogP) is 12.7. The molecule has 0 amide bonds. The Morgan fingerprint density at radius 2 is 0.600 bits per heavy atom. The van der Waals surface area contributed by atoms with E-state index in [1.807, 2.05) is 0 Å². The number of hydrogen-bond donors (Lipinski definition) is 0. The van der Waals surface area contributed by atoms with Crippen LogP contribution in [0.3, 0.4) is 0 Å². The first kappa shape index (κ1) is 37.4. The lowest BCUT2D eigenvalue weighted by molar-refractivity contribution is 1.15. The number of nitrogens with zero attached hydrogens (tertiary/aromatic N) is 3. The maximum atomic E-state index is 2.47. The van der Waals surface area contributed by atoms with E-state index in [2.05, 4.69) is 263 Å². The van der Waals surface area contributed by atoms with Crippen molar-refractivity contribution >= 4 is 94.2 Å². The number of hydrogen-bond acceptors (Lipinski definition) is 0. The number of para-hydroxylation sites is 3. The van der Waals surface area contributed by atoms with Crippen LogP contribution in [0.4, 0.5) is 0 Å². The van der Waals surface area contributed by atoms with Gasteiger partial charge in [0, 0.05) is 49.4 Å². The number of rotatable bonds is 7. The lowest BCUT2D eigenvalue weighted by Crippen LogP contribution is -2.74. The lowest BCUT2D eigenvalue weighted by atomic mass is 10.1. The van der Waals surface area contributed by atoms with Crippen LogP contribution in [0.1, 0.15) is 5.56 Å². The van der Waals surface area contributed by atoms with Crippen LogP contribution in [0.15, 0.2) is 243 Å². The van der Waals surface area contributed by atoms with Crippen LogP contribution in [-0.4, -0.2) is 21.8 Å². The van der Waals surface area contributed by atoms with E-state index in [4.69, 9.17) is 0 Å². The third kappa shape index (κ3) is 5.61. The van der Waals surface area contributed by atoms with E-state index in [9.17, 15) is 0 Å². The van der Waals surface area contributed by atoms with Crippen molar-refractivity contribution in [2.24, 2.45) is 0 Å². The summed E-state index contributed by atoms with van der Waals surface area (Å²) < 4.78 is 7.35. The minimum Gasteiger partial charge on any atom is -0.309 e. The lowest BCUT2D eigenvalue weighted by Gasteiger charge is -2.34. The fourth-order valence-electron chi connectivity index (χ4n) is 11.0. The number of benzene rings is 10. The second-order valence-electron chi connectivity index (χ2n) is 17.4. The van der Waals surface area contributed by atoms with Gasteiger partial charge in [0.1, 0.15) is 0 Å². The van der Waals surface area contributed by atoms with Gasteiger partial charge in [0.15, 0.2) is 8.07 Å². The van der Waals surface area contributed by atoms with E-state index < -0.39 is 8.07 Å². The minimum atomic E-state index is -2.66. The summed E-state index contributed by atoms with van der Waals surface area (Å²) in [5.74, 6) is 0. The molecule has 3 aromatic heterocycles. The van der Waals surface area contributed by atoms with Crippen molar-refractivity contribution in [1.82, 2.24) is 13.7 Å². The molecule has 0 saturated carbocycles. The van der Waals surface area contributed by atoms with Crippen molar-refractivity contribution in [3.63, 3.8) is 0 Å². The highest BCUT2D eigenvalue weighted by Gasteiger charge is 2.41. The van der Waals surface area contributed by atoms with Gasteiger partial charge in [-0.2, -0.15) is 0 Å². The van der Waals surface area contributed by atoms with Gasteiger partial charge in [-0.3, -0.25) is 0 Å². The number of aromatic nitrogens is 3. The van der Waals surface area contributed by atoms with Gasteiger partial charge in [-0.15, -0.1) is 0 Å². The molecule has 3 nitrogen and oxygen atoms in total. The Kier molecular flexibility index (Phi) is 8.45. The van der Waals surface area contributed by atoms with Crippen LogP contribution in [0.2, 0.25) is 0 Å². The molecule has 13 rings (SSSR count). The first-order chi connectivity index (χ1) is 32.2. The van der Waals surface area contributed by atoms with Crippen molar-refractivity contribution in [1.29, 1.82) is 0 Å². The maximum Gasteiger partial charge on any atom is 0.179 e. The average molecular weight is 846 g/mol. The first-order valence-corrected chi connectivity index (χ1v) is 24.5. The molecule has 0 aliphatic rings. The smallest absolute Gasteiger partial charge is 0.179 e. The first-order valence-electron chi connectivity index (χ1n) is 22.5. The molecule has 0 radical (unpaired) electrons. The summed E-state index contributed by atoms with van der Waals surface area (Å²) >= 11 is 0. The second kappa shape index (κ2) is 14.7. The summed E-state index contributed by atoms with van der Waals surface area (Å²) in [5.41, 5.74) is 11.9. The Bertz CT molecular complexity index is 3840. The summed E-state index contributed by atoms with van der Waals surface area (Å²) in [6, 6.07) is 90.3. The van der Waals surface area contributed by atoms with E-state index >= 15 is 0 Å². The zero-order valence-electron chi connectivity index (χ0n) is 35.9. The Hall–Kier alpha value is -8.18. The minimum absolute atomic E-state index is 1.14. The molecule has 0 aliphatic carbocycles. The molecule has 3 heterocycles. The fourth-order valence-corrected chi connectivity index (χ4v) is 15.8. The van der Waals surface area contributed by atoms with Gasteiger partial charge in [-0.1, -0.05) is 176 Å². The largest absolute Gasteiger partial charge is 0.309 e. The van der Waals surface area contributed by atoms with Gasteiger partial charge < -0.3 is 13.7 Å². The van der Waals surface area contributed by atoms with Gasteiger partial charge in [0.25, 0.3) is 0 Å². The Labute approximate surface area is 378 Å². The molecule has 306 valence electrons. The van der Waals surface area contributed by atoms with E-state index in [1.165, 1.54) is 91.7 Å². The standard InChI is InChI=1S/C61H43N3Si/c1-42-29-36-53-50-23-11-15-27-57(50)64(60(53)39-42)45-32-37-54-51-24-12-14-26-56(51)63(61(54)41-45)44-33-38-59-55(40-44)52-25-13-16-28-58(52)62(59)43-30-34-49(35-31-43)65(46-17-5-2-6-18-46,47-19-7-3-8-20-47)48-21-9-4-10-22-48/h2-41H,1H3. The van der Waals surface area contributed by atoms with Crippen molar-refractivity contribution in [3.05, 3.63) is 248 Å². The van der Waals surface area contributed by atoms with Gasteiger partial charge in [-0.25, -0.2) is 0 Å². The Balaban J connectivity index is 0.996. The van der Waals surface area contributed by atoms with Gasteiger partial charge in [0.05, 0.1) is 33.1 Å². The van der Waals surface area contributed by atoms with Gasteiger partial charge >= 0.3 is 0 Å². The maximum absolute atomic E-state index is 2.66. The van der Waals surface area contributed by atoms with E-state index in [0.29, 0.717) is 0 Å². The van der Waals surface area contributed by atoms with Crippen LogP contribution in [0.25, 0.3) is 82.5 Å². The SMILES string of the molecule is Cc1ccc2c3ccccc3n(-c3ccc4c5ccccc5n(-c5ccc6c(c5)c5ccccc5n6-c5ccc([Si](c6ccccc6)(c6ccccc6)c6ccccc6)cc5)c4c3)c2c1. The monoisotopic (exact) mass is 845 g/mol. The highest BCUT2D eigenvalue weighted by Crippen LogP contribution is 2.39. The summed E-state index contributed by atoms with van der Waals surface area (Å²) in [6.07, 6.45) is 0. The molecule has 10 aromatic carbocycles. The Morgan fingerprint density at radius 3 is 1.14 bits per heavy atom. The van der Waals surface area contributed by atoms with E-state index in [-0.39, 0.29) is 0 Å². The molecule has 0 unspecified atom stereocenters. The summed E-state index contributed by atoms with van der Waals surface area (Å²) in [6.45, 7) is 2.18. The molecular weight excluding hydrogens is 803 g/mol. The third-order valence-corrected chi connectivity index (χ3v) is 18.6. The van der Waals surface area contributed by atoms with E-state index in [1.54, 1.807) is 0 Å². The molecule has 0 atom stereocenters. The Morgan fingerprint density at radius 1 is 0.246 bits per heavy atom. The van der Waals surface area contributed by atoms with Gasteiger partial charge in [0.2, 0.25) is 0 Å². The molecule has 4 heteroatoms. The molecule has 0 aliphatic heterocycles. The normalized spacial score (nSPS) is 12.1. The predicted molar refractivity (Wildman–Crippen MR) is 278 cm³/mol. The third-order valence-electron chi connectivity index (χ3n) is 13.8. The van der Waals surface area contributed by atoms with Gasteiger partial charge in [-0.05, 0) is 100.0 Å². The van der Waals surface area contributed by atoms with Crippen molar-refractivity contribution in [2.75, 3.05) is 0 Å². The zero-order valence-corrected chi connectivity index (χ0v) is 36.9. The molecule has 0 saturated heterocycles. The van der Waals surface area contributed by atoms with Crippen molar-refractivity contribution < 1.29 is 0 Å². The fraction of sp³-hybridized carbons (Fsp3) is 0.0164. The quantitative estimate of drug-likeness (QED) is 0.112. The number of aryl methyl sites for hydroxylation is 1. The van der Waals surface area contributed by atoms with Crippen LogP contribution < -0.4 is 20.7 Å². The summed E-state index contributed by atoms with van der Waals surface area (Å²) in [5, 5.41) is 13.0. The van der Waals surface area contributed by atoms with Crippen LogP contribution >= 0.6 is 0 Å². The molecular formula is C61H43N3Si. The highest BCUT2D eigenvalue weighted by atomic mass is 28.3. The van der Waals surface area contributed by atoms with Crippen LogP contribution in [-0.2, 0) is 0 Å².